The van der Waals surface area contributed by atoms with E-state index in [0.717, 1.165) is 5.56 Å². The maximum Gasteiger partial charge on any atom is 0.338 e. The van der Waals surface area contributed by atoms with E-state index in [2.05, 4.69) is 9.47 Å². The van der Waals surface area contributed by atoms with Crippen LogP contribution in [0.4, 0.5) is 0 Å². The summed E-state index contributed by atoms with van der Waals surface area (Å²) < 4.78 is 9.05. The fraction of sp³-hybridized carbons (Fsp3) is 0.176. The minimum absolute atomic E-state index is 0.140. The SMILES string of the molecule is COC(=O)c1ccccc1C(=O)OC.OCc1ccccc1. The van der Waals surface area contributed by atoms with Crippen molar-refractivity contribution < 1.29 is 24.2 Å². The summed E-state index contributed by atoms with van der Waals surface area (Å²) in [6.07, 6.45) is 0. The van der Waals surface area contributed by atoms with Gasteiger partial charge in [0, 0.05) is 0 Å². The number of hydrogen-bond donors (Lipinski definition) is 1. The minimum atomic E-state index is -0.550. The molecule has 0 aliphatic rings. The third-order valence-electron chi connectivity index (χ3n) is 2.76. The van der Waals surface area contributed by atoms with Crippen molar-refractivity contribution in [2.75, 3.05) is 14.2 Å². The second kappa shape index (κ2) is 9.31. The van der Waals surface area contributed by atoms with E-state index in [1.54, 1.807) is 12.1 Å². The van der Waals surface area contributed by atoms with Crippen molar-refractivity contribution in [3.05, 3.63) is 71.3 Å². The summed E-state index contributed by atoms with van der Waals surface area (Å²) in [7, 11) is 2.52. The van der Waals surface area contributed by atoms with Gasteiger partial charge in [-0.25, -0.2) is 9.59 Å². The molecule has 0 saturated carbocycles. The second-order valence-corrected chi connectivity index (χ2v) is 4.17. The maximum absolute atomic E-state index is 11.2. The van der Waals surface area contributed by atoms with Crippen LogP contribution >= 0.6 is 0 Å². The van der Waals surface area contributed by atoms with Gasteiger partial charge in [-0.1, -0.05) is 42.5 Å². The lowest BCUT2D eigenvalue weighted by Gasteiger charge is -2.04. The van der Waals surface area contributed by atoms with Gasteiger partial charge in [0.25, 0.3) is 0 Å². The quantitative estimate of drug-likeness (QED) is 0.882. The van der Waals surface area contributed by atoms with Crippen molar-refractivity contribution in [3.63, 3.8) is 0 Å². The summed E-state index contributed by atoms with van der Waals surface area (Å²) in [4.78, 5) is 22.4. The van der Waals surface area contributed by atoms with E-state index in [0.29, 0.717) is 0 Å². The van der Waals surface area contributed by atoms with Crippen LogP contribution in [0, 0.1) is 0 Å². The summed E-state index contributed by atoms with van der Waals surface area (Å²) >= 11 is 0. The van der Waals surface area contributed by atoms with Gasteiger partial charge in [0.05, 0.1) is 32.0 Å². The van der Waals surface area contributed by atoms with Crippen molar-refractivity contribution in [3.8, 4) is 0 Å². The van der Waals surface area contributed by atoms with E-state index in [1.807, 2.05) is 30.3 Å². The Hall–Kier alpha value is -2.66. The van der Waals surface area contributed by atoms with E-state index < -0.39 is 11.9 Å². The number of rotatable bonds is 3. The van der Waals surface area contributed by atoms with Crippen LogP contribution in [-0.2, 0) is 16.1 Å². The van der Waals surface area contributed by atoms with E-state index in [4.69, 9.17) is 5.11 Å². The molecule has 0 spiro atoms. The molecule has 0 aromatic heterocycles. The molecule has 0 bridgehead atoms. The molecule has 2 rings (SSSR count). The highest BCUT2D eigenvalue weighted by Gasteiger charge is 2.16. The number of aliphatic hydroxyl groups excluding tert-OH is 1. The lowest BCUT2D eigenvalue weighted by molar-refractivity contribution is 0.0555. The summed E-state index contributed by atoms with van der Waals surface area (Å²) in [6, 6.07) is 15.9. The highest BCUT2D eigenvalue weighted by atomic mass is 16.5. The summed E-state index contributed by atoms with van der Waals surface area (Å²) in [5.74, 6) is -1.10. The first kappa shape index (κ1) is 17.4. The predicted molar refractivity (Wildman–Crippen MR) is 81.5 cm³/mol. The third-order valence-corrected chi connectivity index (χ3v) is 2.76. The van der Waals surface area contributed by atoms with Crippen LogP contribution in [0.25, 0.3) is 0 Å². The first-order valence-corrected chi connectivity index (χ1v) is 6.54. The van der Waals surface area contributed by atoms with Crippen LogP contribution in [0.2, 0.25) is 0 Å². The molecular weight excluding hydrogens is 284 g/mol. The van der Waals surface area contributed by atoms with Gasteiger partial charge in [0.2, 0.25) is 0 Å². The number of ether oxygens (including phenoxy) is 2. The highest BCUT2D eigenvalue weighted by Crippen LogP contribution is 2.10. The van der Waals surface area contributed by atoms with Crippen LogP contribution in [0.3, 0.4) is 0 Å². The first-order valence-electron chi connectivity index (χ1n) is 6.54. The van der Waals surface area contributed by atoms with Gasteiger partial charge < -0.3 is 14.6 Å². The number of carbonyl (C=O) groups is 2. The van der Waals surface area contributed by atoms with Crippen LogP contribution in [0.5, 0.6) is 0 Å². The van der Waals surface area contributed by atoms with Crippen LogP contribution in [0.1, 0.15) is 26.3 Å². The van der Waals surface area contributed by atoms with Crippen molar-refractivity contribution in [2.24, 2.45) is 0 Å². The second-order valence-electron chi connectivity index (χ2n) is 4.17. The molecule has 5 nitrogen and oxygen atoms in total. The lowest BCUT2D eigenvalue weighted by Crippen LogP contribution is -2.11. The molecule has 0 aliphatic carbocycles. The van der Waals surface area contributed by atoms with E-state index in [-0.39, 0.29) is 17.7 Å². The lowest BCUT2D eigenvalue weighted by atomic mass is 10.1. The van der Waals surface area contributed by atoms with Crippen LogP contribution < -0.4 is 0 Å². The van der Waals surface area contributed by atoms with Crippen molar-refractivity contribution in [1.29, 1.82) is 0 Å². The molecule has 0 saturated heterocycles. The molecule has 0 amide bonds. The zero-order valence-electron chi connectivity index (χ0n) is 12.5. The normalized spacial score (nSPS) is 9.23. The Morgan fingerprint density at radius 3 is 1.55 bits per heavy atom. The number of hydrogen-bond acceptors (Lipinski definition) is 5. The van der Waals surface area contributed by atoms with Crippen LogP contribution in [-0.4, -0.2) is 31.3 Å². The Morgan fingerprint density at radius 2 is 1.23 bits per heavy atom. The summed E-state index contributed by atoms with van der Waals surface area (Å²) in [6.45, 7) is 0.140. The van der Waals surface area contributed by atoms with Gasteiger partial charge in [-0.15, -0.1) is 0 Å². The van der Waals surface area contributed by atoms with Crippen LogP contribution in [0.15, 0.2) is 54.6 Å². The predicted octanol–water partition coefficient (Wildman–Crippen LogP) is 2.44. The zero-order chi connectivity index (χ0) is 16.4. The molecule has 2 aromatic carbocycles. The first-order chi connectivity index (χ1) is 10.6. The average molecular weight is 302 g/mol. The molecule has 2 aromatic rings. The Kier molecular flexibility index (Phi) is 7.36. The Morgan fingerprint density at radius 1 is 0.818 bits per heavy atom. The Balaban J connectivity index is 0.000000255. The molecule has 5 heteroatoms. The summed E-state index contributed by atoms with van der Waals surface area (Å²) in [5.41, 5.74) is 1.39. The molecule has 0 unspecified atom stereocenters. The highest BCUT2D eigenvalue weighted by molar-refractivity contribution is 6.02. The summed E-state index contributed by atoms with van der Waals surface area (Å²) in [5, 5.41) is 8.54. The topological polar surface area (TPSA) is 72.8 Å². The molecule has 0 aliphatic heterocycles. The van der Waals surface area contributed by atoms with Gasteiger partial charge >= 0.3 is 11.9 Å². The van der Waals surface area contributed by atoms with Gasteiger partial charge in [-0.3, -0.25) is 0 Å². The molecular formula is C17H18O5. The number of esters is 2. The van der Waals surface area contributed by atoms with Gasteiger partial charge in [0.1, 0.15) is 0 Å². The molecule has 0 atom stereocenters. The van der Waals surface area contributed by atoms with Gasteiger partial charge in [0.15, 0.2) is 0 Å². The Labute approximate surface area is 129 Å². The van der Waals surface area contributed by atoms with Crippen molar-refractivity contribution in [1.82, 2.24) is 0 Å². The number of aliphatic hydroxyl groups is 1. The van der Waals surface area contributed by atoms with Crippen molar-refractivity contribution >= 4 is 11.9 Å². The number of benzene rings is 2. The van der Waals surface area contributed by atoms with Gasteiger partial charge in [-0.2, -0.15) is 0 Å². The molecule has 0 fully saturated rings. The van der Waals surface area contributed by atoms with E-state index >= 15 is 0 Å². The van der Waals surface area contributed by atoms with E-state index in [9.17, 15) is 9.59 Å². The number of carbonyl (C=O) groups excluding carboxylic acids is 2. The van der Waals surface area contributed by atoms with E-state index in [1.165, 1.54) is 26.4 Å². The van der Waals surface area contributed by atoms with Gasteiger partial charge in [-0.05, 0) is 17.7 Å². The maximum atomic E-state index is 11.2. The minimum Gasteiger partial charge on any atom is -0.465 e. The smallest absolute Gasteiger partial charge is 0.338 e. The molecule has 0 radical (unpaired) electrons. The molecule has 116 valence electrons. The molecule has 22 heavy (non-hydrogen) atoms. The zero-order valence-corrected chi connectivity index (χ0v) is 12.5. The molecule has 1 N–H and O–H groups in total. The fourth-order valence-corrected chi connectivity index (χ4v) is 1.64. The molecule has 0 heterocycles. The largest absolute Gasteiger partial charge is 0.465 e. The number of methoxy groups -OCH3 is 2. The standard InChI is InChI=1S/C10H10O4.C7H8O/c1-13-9(11)7-5-3-4-6-8(7)10(12)14-2;8-6-7-4-2-1-3-5-7/h3-6H,1-2H3;1-5,8H,6H2. The van der Waals surface area contributed by atoms with Crippen molar-refractivity contribution in [2.45, 2.75) is 6.61 Å². The average Bonchev–Trinajstić information content (AvgIpc) is 2.61. The Bertz CT molecular complexity index is 572. The monoisotopic (exact) mass is 302 g/mol. The third kappa shape index (κ3) is 5.03. The fourth-order valence-electron chi connectivity index (χ4n) is 1.64.